The van der Waals surface area contributed by atoms with Crippen molar-refractivity contribution in [3.63, 3.8) is 0 Å². The Hall–Kier alpha value is -1.04. The molecule has 0 aromatic carbocycles. The molecule has 89 valence electrons. The Bertz CT molecular complexity index is 243. The van der Waals surface area contributed by atoms with E-state index in [1.807, 2.05) is 0 Å². The van der Waals surface area contributed by atoms with Crippen molar-refractivity contribution in [3.8, 4) is 0 Å². The highest BCUT2D eigenvalue weighted by atomic mass is 14.2. The highest BCUT2D eigenvalue weighted by Gasteiger charge is 2.12. The predicted octanol–water partition coefficient (Wildman–Crippen LogP) is 4.96. The first-order valence-electron chi connectivity index (χ1n) is 6.11. The quantitative estimate of drug-likeness (QED) is 0.504. The van der Waals surface area contributed by atoms with Gasteiger partial charge in [0.05, 0.1) is 0 Å². The van der Waals surface area contributed by atoms with E-state index in [1.54, 1.807) is 6.08 Å². The molecular formula is C16H25. The summed E-state index contributed by atoms with van der Waals surface area (Å²) >= 11 is 0. The van der Waals surface area contributed by atoms with E-state index in [0.29, 0.717) is 17.8 Å². The predicted molar refractivity (Wildman–Crippen MR) is 74.1 cm³/mol. The minimum Gasteiger partial charge on any atom is -0.103 e. The van der Waals surface area contributed by atoms with E-state index in [2.05, 4.69) is 57.7 Å². The molecule has 0 heterocycles. The molecule has 0 saturated carbocycles. The monoisotopic (exact) mass is 217 g/mol. The average Bonchev–Trinajstić information content (AvgIpc) is 2.25. The summed E-state index contributed by atoms with van der Waals surface area (Å²) in [5.41, 5.74) is 0. The zero-order chi connectivity index (χ0) is 12.4. The summed E-state index contributed by atoms with van der Waals surface area (Å²) in [6, 6.07) is 0. The number of rotatable bonds is 8. The van der Waals surface area contributed by atoms with Gasteiger partial charge in [-0.15, -0.1) is 6.58 Å². The lowest BCUT2D eigenvalue weighted by Crippen LogP contribution is -2.09. The lowest BCUT2D eigenvalue weighted by molar-refractivity contribution is 0.412. The van der Waals surface area contributed by atoms with Gasteiger partial charge in [-0.25, -0.2) is 0 Å². The van der Waals surface area contributed by atoms with Crippen LogP contribution in [0, 0.1) is 24.3 Å². The van der Waals surface area contributed by atoms with Gasteiger partial charge in [0.2, 0.25) is 0 Å². The van der Waals surface area contributed by atoms with E-state index in [0.717, 1.165) is 12.8 Å². The summed E-state index contributed by atoms with van der Waals surface area (Å²) in [5.74, 6) is 1.72. The van der Waals surface area contributed by atoms with E-state index in [4.69, 9.17) is 6.58 Å². The van der Waals surface area contributed by atoms with Gasteiger partial charge < -0.3 is 0 Å². The van der Waals surface area contributed by atoms with Crippen LogP contribution >= 0.6 is 0 Å². The van der Waals surface area contributed by atoms with Gasteiger partial charge >= 0.3 is 0 Å². The highest BCUT2D eigenvalue weighted by Crippen LogP contribution is 2.23. The molecule has 0 aliphatic rings. The molecule has 0 heteroatoms. The summed E-state index contributed by atoms with van der Waals surface area (Å²) in [6.07, 6.45) is 14.4. The van der Waals surface area contributed by atoms with Crippen molar-refractivity contribution in [3.05, 3.63) is 49.6 Å². The van der Waals surface area contributed by atoms with Crippen LogP contribution in [0.4, 0.5) is 0 Å². The maximum absolute atomic E-state index is 5.35. The molecule has 0 N–H and O–H groups in total. The normalized spacial score (nSPS) is 15.8. The van der Waals surface area contributed by atoms with Crippen molar-refractivity contribution in [2.45, 2.75) is 33.6 Å². The maximum atomic E-state index is 5.35. The second kappa shape index (κ2) is 9.21. The third-order valence-electron chi connectivity index (χ3n) is 2.80. The van der Waals surface area contributed by atoms with Crippen LogP contribution in [0.3, 0.4) is 0 Å². The van der Waals surface area contributed by atoms with E-state index in [-0.39, 0.29) is 0 Å². The van der Waals surface area contributed by atoms with Crippen LogP contribution in [0.2, 0.25) is 0 Å². The first kappa shape index (κ1) is 15.0. The standard InChI is InChI=1S/C16H25/c1-6-9-10-12-15(11-7-2)13-16(8-3)14(4)5/h1,6-8,10-12,14-16H,3,9,13H2,2,4-5H3. The first-order chi connectivity index (χ1) is 7.65. The Labute approximate surface area is 101 Å². The second-order valence-electron chi connectivity index (χ2n) is 4.47. The summed E-state index contributed by atoms with van der Waals surface area (Å²) in [6.45, 7) is 15.8. The highest BCUT2D eigenvalue weighted by molar-refractivity contribution is 5.03. The topological polar surface area (TPSA) is 0 Å². The summed E-state index contributed by atoms with van der Waals surface area (Å²) in [4.78, 5) is 0. The Morgan fingerprint density at radius 3 is 2.38 bits per heavy atom. The Balaban J connectivity index is 4.41. The number of hydrogen-bond donors (Lipinski definition) is 0. The van der Waals surface area contributed by atoms with Crippen molar-refractivity contribution in [1.82, 2.24) is 0 Å². The van der Waals surface area contributed by atoms with Crippen LogP contribution in [0.5, 0.6) is 0 Å². The van der Waals surface area contributed by atoms with E-state index in [1.165, 1.54) is 0 Å². The van der Waals surface area contributed by atoms with E-state index < -0.39 is 0 Å². The molecule has 0 spiro atoms. The molecule has 0 fully saturated rings. The lowest BCUT2D eigenvalue weighted by Gasteiger charge is -2.19. The molecule has 0 aliphatic heterocycles. The van der Waals surface area contributed by atoms with Crippen LogP contribution in [0.15, 0.2) is 43.0 Å². The fourth-order valence-electron chi connectivity index (χ4n) is 1.76. The fourth-order valence-corrected chi connectivity index (χ4v) is 1.76. The van der Waals surface area contributed by atoms with Crippen molar-refractivity contribution in [2.24, 2.45) is 17.8 Å². The molecule has 0 saturated heterocycles. The van der Waals surface area contributed by atoms with E-state index in [9.17, 15) is 0 Å². The first-order valence-corrected chi connectivity index (χ1v) is 6.11. The second-order valence-corrected chi connectivity index (χ2v) is 4.47. The minimum absolute atomic E-state index is 0.496. The molecular weight excluding hydrogens is 192 g/mol. The van der Waals surface area contributed by atoms with Gasteiger partial charge in [0.25, 0.3) is 0 Å². The van der Waals surface area contributed by atoms with E-state index >= 15 is 0 Å². The average molecular weight is 217 g/mol. The number of hydrogen-bond acceptors (Lipinski definition) is 0. The largest absolute Gasteiger partial charge is 0.103 e. The Morgan fingerprint density at radius 1 is 1.25 bits per heavy atom. The lowest BCUT2D eigenvalue weighted by atomic mass is 9.86. The number of allylic oxidation sites excluding steroid dienone is 6. The minimum atomic E-state index is 0.496. The molecule has 0 aromatic rings. The maximum Gasteiger partial charge on any atom is -0.00478 e. The van der Waals surface area contributed by atoms with Crippen LogP contribution in [0.25, 0.3) is 0 Å². The van der Waals surface area contributed by atoms with Crippen LogP contribution in [-0.4, -0.2) is 0 Å². The summed E-state index contributed by atoms with van der Waals surface area (Å²) in [5, 5.41) is 0. The van der Waals surface area contributed by atoms with Gasteiger partial charge in [-0.05, 0) is 37.5 Å². The van der Waals surface area contributed by atoms with Crippen LogP contribution < -0.4 is 0 Å². The van der Waals surface area contributed by atoms with Crippen molar-refractivity contribution in [1.29, 1.82) is 0 Å². The molecule has 1 radical (unpaired) electrons. The van der Waals surface area contributed by atoms with Gasteiger partial charge in [0.15, 0.2) is 0 Å². The molecule has 0 aliphatic carbocycles. The van der Waals surface area contributed by atoms with Crippen molar-refractivity contribution < 1.29 is 0 Å². The molecule has 16 heavy (non-hydrogen) atoms. The van der Waals surface area contributed by atoms with Crippen LogP contribution in [-0.2, 0) is 0 Å². The van der Waals surface area contributed by atoms with Crippen LogP contribution in [0.1, 0.15) is 33.6 Å². The Morgan fingerprint density at radius 2 is 1.94 bits per heavy atom. The molecule has 0 amide bonds. The molecule has 2 atom stereocenters. The van der Waals surface area contributed by atoms with Gasteiger partial charge in [-0.1, -0.05) is 56.9 Å². The van der Waals surface area contributed by atoms with Crippen molar-refractivity contribution >= 4 is 0 Å². The third-order valence-corrected chi connectivity index (χ3v) is 2.80. The zero-order valence-electron chi connectivity index (χ0n) is 10.9. The van der Waals surface area contributed by atoms with Gasteiger partial charge in [-0.2, -0.15) is 0 Å². The summed E-state index contributed by atoms with van der Waals surface area (Å²) in [7, 11) is 0. The molecule has 0 nitrogen and oxygen atoms in total. The van der Waals surface area contributed by atoms with Gasteiger partial charge in [-0.3, -0.25) is 0 Å². The molecule has 0 bridgehead atoms. The van der Waals surface area contributed by atoms with Gasteiger partial charge in [0, 0.05) is 0 Å². The zero-order valence-corrected chi connectivity index (χ0v) is 10.9. The fraction of sp³-hybridized carbons (Fsp3) is 0.500. The Kier molecular flexibility index (Phi) is 8.61. The molecule has 2 unspecified atom stereocenters. The third kappa shape index (κ3) is 6.44. The SMILES string of the molecule is [CH]=CCC=CC(C=CC)CC(C=C)C(C)C. The van der Waals surface area contributed by atoms with Crippen molar-refractivity contribution in [2.75, 3.05) is 0 Å². The smallest absolute Gasteiger partial charge is 0.00478 e. The molecule has 0 rings (SSSR count). The summed E-state index contributed by atoms with van der Waals surface area (Å²) < 4.78 is 0. The van der Waals surface area contributed by atoms with Gasteiger partial charge in [0.1, 0.15) is 0 Å². The molecule has 0 aromatic heterocycles.